The van der Waals surface area contributed by atoms with Crippen LogP contribution in [0.15, 0.2) is 59.5 Å². The fourth-order valence-electron chi connectivity index (χ4n) is 2.12. The Kier molecular flexibility index (Phi) is 6.02. The Morgan fingerprint density at radius 2 is 1.75 bits per heavy atom. The van der Waals surface area contributed by atoms with Gasteiger partial charge >= 0.3 is 0 Å². The van der Waals surface area contributed by atoms with E-state index in [2.05, 4.69) is 15.0 Å². The van der Waals surface area contributed by atoms with Gasteiger partial charge in [-0.25, -0.2) is 18.3 Å². The van der Waals surface area contributed by atoms with E-state index in [1.54, 1.807) is 30.3 Å². The number of hydrogen-bond donors (Lipinski definition) is 2. The molecule has 24 heavy (non-hydrogen) atoms. The number of halogens is 1. The van der Waals surface area contributed by atoms with E-state index >= 15 is 0 Å². The molecule has 8 heteroatoms. The summed E-state index contributed by atoms with van der Waals surface area (Å²) >= 11 is 0. The van der Waals surface area contributed by atoms with Crippen LogP contribution in [0.1, 0.15) is 5.56 Å². The van der Waals surface area contributed by atoms with Crippen LogP contribution in [0.3, 0.4) is 0 Å². The van der Waals surface area contributed by atoms with Gasteiger partial charge in [0.1, 0.15) is 16.8 Å². The summed E-state index contributed by atoms with van der Waals surface area (Å²) in [7, 11) is -2.98. The minimum Gasteiger partial charge on any atom is -0.277 e. The van der Waals surface area contributed by atoms with Gasteiger partial charge in [0.05, 0.1) is 7.11 Å². The van der Waals surface area contributed by atoms with E-state index in [9.17, 15) is 17.6 Å². The second kappa shape index (κ2) is 8.00. The van der Waals surface area contributed by atoms with Crippen molar-refractivity contribution >= 4 is 15.9 Å². The highest BCUT2D eigenvalue weighted by Crippen LogP contribution is 2.15. The maximum atomic E-state index is 13.8. The average molecular weight is 352 g/mol. The van der Waals surface area contributed by atoms with Crippen molar-refractivity contribution < 1.29 is 22.4 Å². The van der Waals surface area contributed by atoms with Gasteiger partial charge in [-0.15, -0.1) is 0 Å². The van der Waals surface area contributed by atoms with Crippen LogP contribution in [0.2, 0.25) is 0 Å². The predicted molar refractivity (Wildman–Crippen MR) is 85.8 cm³/mol. The van der Waals surface area contributed by atoms with Crippen molar-refractivity contribution in [3.05, 3.63) is 66.0 Å². The van der Waals surface area contributed by atoms with E-state index in [4.69, 9.17) is 0 Å². The number of carbonyl (C=O) groups is 1. The fraction of sp³-hybridized carbons (Fsp3) is 0.188. The van der Waals surface area contributed by atoms with Crippen LogP contribution in [0, 0.1) is 5.82 Å². The Labute approximate surface area is 139 Å². The first-order valence-electron chi connectivity index (χ1n) is 7.07. The summed E-state index contributed by atoms with van der Waals surface area (Å²) in [5.74, 6) is -1.57. The number of sulfonamides is 1. The molecule has 1 unspecified atom stereocenters. The molecule has 0 heterocycles. The van der Waals surface area contributed by atoms with Gasteiger partial charge in [0, 0.05) is 0 Å². The lowest BCUT2D eigenvalue weighted by Gasteiger charge is -2.18. The topological polar surface area (TPSA) is 84.5 Å². The molecule has 0 bridgehead atoms. The predicted octanol–water partition coefficient (Wildman–Crippen LogP) is 1.39. The first kappa shape index (κ1) is 18.1. The van der Waals surface area contributed by atoms with Gasteiger partial charge in [-0.2, -0.15) is 4.72 Å². The molecule has 2 N–H and O–H groups in total. The van der Waals surface area contributed by atoms with Gasteiger partial charge in [0.25, 0.3) is 5.91 Å². The van der Waals surface area contributed by atoms with Gasteiger partial charge < -0.3 is 0 Å². The highest BCUT2D eigenvalue weighted by atomic mass is 32.2. The smallest absolute Gasteiger partial charge is 0.262 e. The second-order valence-corrected chi connectivity index (χ2v) is 6.65. The van der Waals surface area contributed by atoms with Gasteiger partial charge in [0.2, 0.25) is 10.0 Å². The summed E-state index contributed by atoms with van der Waals surface area (Å²) in [5, 5.41) is 0. The molecule has 0 saturated carbocycles. The zero-order chi connectivity index (χ0) is 17.6. The van der Waals surface area contributed by atoms with Crippen LogP contribution in [0.5, 0.6) is 0 Å². The number of hydrogen-bond acceptors (Lipinski definition) is 4. The zero-order valence-electron chi connectivity index (χ0n) is 12.9. The van der Waals surface area contributed by atoms with E-state index in [-0.39, 0.29) is 6.42 Å². The normalized spacial score (nSPS) is 12.6. The third-order valence-corrected chi connectivity index (χ3v) is 4.73. The number of carbonyl (C=O) groups excluding carboxylic acids is 1. The molecule has 0 aromatic heterocycles. The lowest BCUT2D eigenvalue weighted by molar-refractivity contribution is -0.133. The van der Waals surface area contributed by atoms with E-state index in [1.807, 2.05) is 0 Å². The Bertz CT molecular complexity index is 797. The monoisotopic (exact) mass is 352 g/mol. The fourth-order valence-corrected chi connectivity index (χ4v) is 3.40. The van der Waals surface area contributed by atoms with Crippen LogP contribution in [-0.4, -0.2) is 27.5 Å². The molecule has 0 aliphatic rings. The van der Waals surface area contributed by atoms with Crippen molar-refractivity contribution in [1.29, 1.82) is 0 Å². The third kappa shape index (κ3) is 4.60. The van der Waals surface area contributed by atoms with Crippen molar-refractivity contribution in [3.8, 4) is 0 Å². The summed E-state index contributed by atoms with van der Waals surface area (Å²) in [6, 6.07) is 12.6. The van der Waals surface area contributed by atoms with Crippen LogP contribution >= 0.6 is 0 Å². The average Bonchev–Trinajstić information content (AvgIpc) is 2.55. The molecular formula is C16H17FN2O4S. The molecule has 0 aliphatic carbocycles. The highest BCUT2D eigenvalue weighted by Gasteiger charge is 2.27. The Morgan fingerprint density at radius 1 is 1.12 bits per heavy atom. The Morgan fingerprint density at radius 3 is 2.38 bits per heavy atom. The lowest BCUT2D eigenvalue weighted by atomic mass is 10.1. The van der Waals surface area contributed by atoms with E-state index < -0.39 is 32.7 Å². The molecule has 2 aromatic rings. The molecule has 1 atom stereocenters. The second-order valence-electron chi connectivity index (χ2n) is 4.96. The van der Waals surface area contributed by atoms with Crippen LogP contribution in [-0.2, 0) is 26.1 Å². The highest BCUT2D eigenvalue weighted by molar-refractivity contribution is 7.89. The summed E-state index contributed by atoms with van der Waals surface area (Å²) in [6.07, 6.45) is 0.0870. The number of nitrogens with one attached hydrogen (secondary N) is 2. The first-order chi connectivity index (χ1) is 11.4. The summed E-state index contributed by atoms with van der Waals surface area (Å²) in [5.41, 5.74) is 2.84. The van der Waals surface area contributed by atoms with Gasteiger partial charge in [-0.05, 0) is 24.1 Å². The molecule has 0 radical (unpaired) electrons. The number of rotatable bonds is 7. The van der Waals surface area contributed by atoms with E-state index in [1.165, 1.54) is 19.2 Å². The van der Waals surface area contributed by atoms with Crippen molar-refractivity contribution in [2.45, 2.75) is 17.4 Å². The molecule has 6 nitrogen and oxygen atoms in total. The summed E-state index contributed by atoms with van der Waals surface area (Å²) in [6.45, 7) is 0. The van der Waals surface area contributed by atoms with E-state index in [0.29, 0.717) is 0 Å². The first-order valence-corrected chi connectivity index (χ1v) is 8.56. The Balaban J connectivity index is 2.27. The molecule has 2 aromatic carbocycles. The lowest BCUT2D eigenvalue weighted by Crippen LogP contribution is -2.47. The van der Waals surface area contributed by atoms with Gasteiger partial charge in [-0.3, -0.25) is 9.63 Å². The summed E-state index contributed by atoms with van der Waals surface area (Å²) in [4.78, 5) is 16.1. The SMILES string of the molecule is CONC(=O)C(Cc1ccccc1)NS(=O)(=O)c1ccccc1F. The molecule has 2 rings (SSSR count). The van der Waals surface area contributed by atoms with Crippen LogP contribution < -0.4 is 10.2 Å². The maximum absolute atomic E-state index is 13.8. The molecule has 1 amide bonds. The van der Waals surface area contributed by atoms with E-state index in [0.717, 1.165) is 17.7 Å². The molecule has 0 spiro atoms. The quantitative estimate of drug-likeness (QED) is 0.738. The van der Waals surface area contributed by atoms with Crippen molar-refractivity contribution in [2.75, 3.05) is 7.11 Å². The van der Waals surface area contributed by atoms with Crippen molar-refractivity contribution in [1.82, 2.24) is 10.2 Å². The van der Waals surface area contributed by atoms with Crippen LogP contribution in [0.25, 0.3) is 0 Å². The number of benzene rings is 2. The Hall–Kier alpha value is -2.29. The minimum atomic E-state index is -4.21. The number of hydroxylamine groups is 1. The standard InChI is InChI=1S/C16H17FN2O4S/c1-23-18-16(20)14(11-12-7-3-2-4-8-12)19-24(21,22)15-10-6-5-9-13(15)17/h2-10,14,19H,11H2,1H3,(H,18,20). The molecule has 0 fully saturated rings. The van der Waals surface area contributed by atoms with Gasteiger partial charge in [0.15, 0.2) is 0 Å². The largest absolute Gasteiger partial charge is 0.277 e. The molecule has 128 valence electrons. The van der Waals surface area contributed by atoms with Crippen molar-refractivity contribution in [3.63, 3.8) is 0 Å². The zero-order valence-corrected chi connectivity index (χ0v) is 13.7. The molecule has 0 saturated heterocycles. The minimum absolute atomic E-state index is 0.0870. The third-order valence-electron chi connectivity index (χ3n) is 3.23. The molecule has 0 aliphatic heterocycles. The number of amides is 1. The van der Waals surface area contributed by atoms with Crippen LogP contribution in [0.4, 0.5) is 4.39 Å². The van der Waals surface area contributed by atoms with Gasteiger partial charge in [-0.1, -0.05) is 42.5 Å². The molecular weight excluding hydrogens is 335 g/mol. The van der Waals surface area contributed by atoms with Crippen molar-refractivity contribution in [2.24, 2.45) is 0 Å². The maximum Gasteiger partial charge on any atom is 0.262 e. The summed E-state index contributed by atoms with van der Waals surface area (Å²) < 4.78 is 40.8.